The van der Waals surface area contributed by atoms with Crippen LogP contribution < -0.4 is 20.7 Å². The van der Waals surface area contributed by atoms with Gasteiger partial charge in [0, 0.05) is 30.1 Å². The first-order valence-electron chi connectivity index (χ1n) is 11.7. The molecule has 2 aliphatic rings. The first-order chi connectivity index (χ1) is 17.6. The first-order valence-corrected chi connectivity index (χ1v) is 12.5. The van der Waals surface area contributed by atoms with Gasteiger partial charge in [-0.3, -0.25) is 9.59 Å². The normalized spacial score (nSPS) is 17.4. The number of rotatable bonds is 5. The number of aromatic nitrogens is 3. The van der Waals surface area contributed by atoms with Crippen molar-refractivity contribution in [3.05, 3.63) is 67.4 Å². The van der Waals surface area contributed by atoms with E-state index in [1.165, 1.54) is 23.5 Å². The fourth-order valence-electron chi connectivity index (χ4n) is 4.22. The van der Waals surface area contributed by atoms with Gasteiger partial charge in [0.1, 0.15) is 28.9 Å². The first kappa shape index (κ1) is 26.6. The van der Waals surface area contributed by atoms with Crippen LogP contribution in [-0.2, 0) is 19.2 Å². The number of likely N-dealkylation sites (N-methyl/N-ethyl adjacent to an activating group) is 1. The highest BCUT2D eigenvalue weighted by atomic mass is 32.1. The lowest BCUT2D eigenvalue weighted by atomic mass is 10.0. The summed E-state index contributed by atoms with van der Waals surface area (Å²) in [7, 11) is 2.09. The zero-order chi connectivity index (χ0) is 26.6. The fourth-order valence-corrected chi connectivity index (χ4v) is 4.96. The van der Waals surface area contributed by atoms with Crippen molar-refractivity contribution in [2.45, 2.75) is 38.0 Å². The van der Waals surface area contributed by atoms with Gasteiger partial charge in [-0.05, 0) is 68.8 Å². The minimum absolute atomic E-state index is 0.0223. The number of amides is 1. The van der Waals surface area contributed by atoms with Gasteiger partial charge in [0.05, 0.1) is 0 Å². The maximum atomic E-state index is 13.0. The quantitative estimate of drug-likeness (QED) is 0.456. The molecule has 3 aromatic rings. The van der Waals surface area contributed by atoms with E-state index in [2.05, 4.69) is 32.4 Å². The van der Waals surface area contributed by atoms with Gasteiger partial charge in [0.15, 0.2) is 0 Å². The minimum Gasteiger partial charge on any atom is -0.489 e. The molecule has 37 heavy (non-hydrogen) atoms. The number of H-pyrrole nitrogens is 1. The number of nitrogens with two attached hydrogens (primary N) is 1. The van der Waals surface area contributed by atoms with Crippen molar-refractivity contribution in [3.63, 3.8) is 0 Å². The summed E-state index contributed by atoms with van der Waals surface area (Å²) in [6.45, 7) is 2.71. The van der Waals surface area contributed by atoms with Crippen LogP contribution in [0, 0.1) is 0 Å². The van der Waals surface area contributed by atoms with Crippen LogP contribution in [0.3, 0.4) is 0 Å². The Morgan fingerprint density at radius 2 is 2.05 bits per heavy atom. The summed E-state index contributed by atoms with van der Waals surface area (Å²) >= 11 is 1.24. The molecule has 1 aromatic carbocycles. The number of ether oxygens (including phenoxy) is 1. The van der Waals surface area contributed by atoms with E-state index >= 15 is 0 Å². The monoisotopic (exact) mass is 536 g/mol. The number of hydrogen-bond acceptors (Lipinski definition) is 8. The number of carbonyl (C=O) groups excluding carboxylic acids is 1. The Morgan fingerprint density at radius 3 is 2.65 bits per heavy atom. The van der Waals surface area contributed by atoms with Gasteiger partial charge >= 0.3 is 11.0 Å². The van der Waals surface area contributed by atoms with Gasteiger partial charge in [-0.2, -0.15) is 18.3 Å². The Balaban J connectivity index is 0.000000222. The highest BCUT2D eigenvalue weighted by molar-refractivity contribution is 7.08. The number of alkyl halides is 3. The number of hydrogen-bond donors (Lipinski definition) is 3. The molecule has 1 atom stereocenters. The van der Waals surface area contributed by atoms with Gasteiger partial charge in [0.25, 0.3) is 0 Å². The molecule has 0 aliphatic carbocycles. The number of benzene rings is 1. The Bertz CT molecular complexity index is 1290. The molecule has 2 aromatic heterocycles. The van der Waals surface area contributed by atoms with Crippen LogP contribution in [-0.4, -0.2) is 52.7 Å². The number of primary amides is 1. The lowest BCUT2D eigenvalue weighted by Gasteiger charge is -2.22. The Kier molecular flexibility index (Phi) is 8.13. The van der Waals surface area contributed by atoms with Gasteiger partial charge in [-0.1, -0.05) is 11.3 Å². The molecule has 1 amide bonds. The Labute approximate surface area is 214 Å². The third kappa shape index (κ3) is 6.86. The van der Waals surface area contributed by atoms with Crippen molar-refractivity contribution < 1.29 is 22.7 Å². The molecule has 13 heteroatoms. The number of carbonyl (C=O) groups is 1. The number of pyridine rings is 1. The number of halogens is 3. The van der Waals surface area contributed by atoms with Gasteiger partial charge in [-0.15, -0.1) is 0 Å². The summed E-state index contributed by atoms with van der Waals surface area (Å²) in [5, 5.41) is 10.3. The zero-order valence-electron chi connectivity index (χ0n) is 20.1. The fraction of sp³-hybridized carbons (Fsp3) is 0.417. The Morgan fingerprint density at radius 1 is 1.30 bits per heavy atom. The number of anilines is 1. The molecule has 0 saturated carbocycles. The smallest absolute Gasteiger partial charge is 0.433 e. The van der Waals surface area contributed by atoms with Crippen molar-refractivity contribution in [2.24, 2.45) is 5.73 Å². The lowest BCUT2D eigenvalue weighted by molar-refractivity contribution is -0.141. The zero-order valence-corrected chi connectivity index (χ0v) is 20.9. The molecule has 0 bridgehead atoms. The molecule has 198 valence electrons. The summed E-state index contributed by atoms with van der Waals surface area (Å²) < 4.78 is 44.7. The lowest BCUT2D eigenvalue weighted by Crippen LogP contribution is -2.19. The second kappa shape index (κ2) is 11.3. The highest BCUT2D eigenvalue weighted by Gasteiger charge is 2.34. The van der Waals surface area contributed by atoms with Crippen molar-refractivity contribution in [2.75, 3.05) is 32.0 Å². The van der Waals surface area contributed by atoms with E-state index in [1.807, 2.05) is 0 Å². The minimum atomic E-state index is -4.52. The van der Waals surface area contributed by atoms with Crippen LogP contribution in [0.5, 0.6) is 5.75 Å². The summed E-state index contributed by atoms with van der Waals surface area (Å²) in [5.41, 5.74) is 5.74. The topological polar surface area (TPSA) is 126 Å². The molecule has 2 aliphatic heterocycles. The molecule has 0 radical (unpaired) electrons. The van der Waals surface area contributed by atoms with Crippen LogP contribution in [0.15, 0.2) is 35.1 Å². The second-order valence-electron chi connectivity index (χ2n) is 8.90. The summed E-state index contributed by atoms with van der Waals surface area (Å²) in [6.07, 6.45) is -1.93. The third-order valence-electron chi connectivity index (χ3n) is 6.13. The van der Waals surface area contributed by atoms with Gasteiger partial charge in [-0.25, -0.2) is 10.1 Å². The largest absolute Gasteiger partial charge is 0.489 e. The van der Waals surface area contributed by atoms with E-state index in [0.717, 1.165) is 42.6 Å². The van der Waals surface area contributed by atoms with Crippen LogP contribution in [0.2, 0.25) is 0 Å². The van der Waals surface area contributed by atoms with Crippen LogP contribution in [0.1, 0.15) is 50.9 Å². The molecular formula is C24H27F3N6O3S. The summed E-state index contributed by atoms with van der Waals surface area (Å²) in [6, 6.07) is 7.14. The van der Waals surface area contributed by atoms with E-state index in [0.29, 0.717) is 35.8 Å². The third-order valence-corrected chi connectivity index (χ3v) is 7.04. The van der Waals surface area contributed by atoms with E-state index in [4.69, 9.17) is 10.5 Å². The standard InChI is InChI=1S/C17H16F3N3O2.C7H11N3OS/c18-17(19,20)14-8-11(13-2-1-7-22-16(13)23-14)9-25-12-5-3-10(4-6-12)15(21)24;1-10-3-2-5(4-10)6-8-9-7(11)12-6/h3-6,8H,1-2,7,9H2,(H2,21,24)(H,22,23);5H,2-4H2,1H3,(H,9,11)/t;5-/m.1/s1. The predicted octanol–water partition coefficient (Wildman–Crippen LogP) is 3.39. The van der Waals surface area contributed by atoms with E-state index < -0.39 is 17.8 Å². The van der Waals surface area contributed by atoms with Crippen LogP contribution in [0.4, 0.5) is 19.0 Å². The average Bonchev–Trinajstić information content (AvgIpc) is 3.50. The number of fused-ring (bicyclic) bond motifs is 1. The van der Waals surface area contributed by atoms with E-state index in [9.17, 15) is 22.8 Å². The molecule has 1 fully saturated rings. The number of nitrogens with one attached hydrogen (secondary N) is 2. The second-order valence-corrected chi connectivity index (χ2v) is 9.89. The van der Waals surface area contributed by atoms with E-state index in [1.54, 1.807) is 12.1 Å². The maximum absolute atomic E-state index is 13.0. The number of likely N-dealkylation sites (tertiary alicyclic amines) is 1. The van der Waals surface area contributed by atoms with Gasteiger partial charge in [0.2, 0.25) is 5.91 Å². The number of nitrogens with zero attached hydrogens (tertiary/aromatic N) is 3. The molecule has 1 saturated heterocycles. The average molecular weight is 537 g/mol. The van der Waals surface area contributed by atoms with Crippen LogP contribution in [0.25, 0.3) is 0 Å². The molecule has 0 unspecified atom stereocenters. The molecule has 4 N–H and O–H groups in total. The predicted molar refractivity (Wildman–Crippen MR) is 133 cm³/mol. The van der Waals surface area contributed by atoms with Crippen molar-refractivity contribution in [1.82, 2.24) is 20.1 Å². The summed E-state index contributed by atoms with van der Waals surface area (Å²) in [4.78, 5) is 27.8. The van der Waals surface area contributed by atoms with Crippen molar-refractivity contribution >= 4 is 23.1 Å². The molecule has 0 spiro atoms. The Hall–Kier alpha value is -3.45. The SMILES string of the molecule is CN1CC[C@@H](c2n[nH]c(=O)s2)C1.NC(=O)c1ccc(OCc2cc(C(F)(F)F)nc3c2CCCN3)cc1. The number of aromatic amines is 1. The molecule has 4 heterocycles. The van der Waals surface area contributed by atoms with Gasteiger partial charge < -0.3 is 20.7 Å². The summed E-state index contributed by atoms with van der Waals surface area (Å²) in [5.74, 6) is 0.617. The van der Waals surface area contributed by atoms with E-state index in [-0.39, 0.29) is 17.3 Å². The highest BCUT2D eigenvalue weighted by Crippen LogP contribution is 2.33. The van der Waals surface area contributed by atoms with Crippen LogP contribution >= 0.6 is 11.3 Å². The molecule has 5 rings (SSSR count). The molecule has 9 nitrogen and oxygen atoms in total. The van der Waals surface area contributed by atoms with Crippen molar-refractivity contribution in [1.29, 1.82) is 0 Å². The molecular weight excluding hydrogens is 509 g/mol. The van der Waals surface area contributed by atoms with Crippen molar-refractivity contribution in [3.8, 4) is 5.75 Å². The maximum Gasteiger partial charge on any atom is 0.433 e.